The van der Waals surface area contributed by atoms with Crippen molar-refractivity contribution in [1.82, 2.24) is 25.0 Å². The van der Waals surface area contributed by atoms with E-state index in [1.54, 1.807) is 27.8 Å². The Bertz CT molecular complexity index is 1550. The third-order valence-electron chi connectivity index (χ3n) is 5.62. The van der Waals surface area contributed by atoms with Crippen molar-refractivity contribution in [1.29, 1.82) is 0 Å². The van der Waals surface area contributed by atoms with Crippen LogP contribution in [-0.2, 0) is 12.7 Å². The van der Waals surface area contributed by atoms with Gasteiger partial charge in [0.15, 0.2) is 11.6 Å². The molecule has 1 N–H and O–H groups in total. The number of carbonyl (C=O) groups is 2. The van der Waals surface area contributed by atoms with Gasteiger partial charge in [-0.05, 0) is 31.5 Å². The van der Waals surface area contributed by atoms with Crippen LogP contribution in [0.2, 0.25) is 0 Å². The van der Waals surface area contributed by atoms with Crippen LogP contribution in [0.1, 0.15) is 45.8 Å². The maximum atomic E-state index is 15.3. The van der Waals surface area contributed by atoms with Crippen molar-refractivity contribution >= 4 is 30.9 Å². The van der Waals surface area contributed by atoms with Crippen LogP contribution in [0.5, 0.6) is 11.6 Å². The van der Waals surface area contributed by atoms with Crippen LogP contribution in [0.3, 0.4) is 0 Å². The number of ether oxygens (including phenoxy) is 1. The Morgan fingerprint density at radius 3 is 2.38 bits per heavy atom. The lowest BCUT2D eigenvalue weighted by atomic mass is 9.98. The van der Waals surface area contributed by atoms with E-state index < -0.39 is 52.7 Å². The van der Waals surface area contributed by atoms with Crippen molar-refractivity contribution < 1.29 is 37.0 Å². The molecule has 0 fully saturated rings. The Morgan fingerprint density at radius 2 is 1.80 bits per heavy atom. The number of rotatable bonds is 8. The average molecular weight is 556 g/mol. The SMILES string of the molecule is Bc1ccc(C(=O)N(c2cc(F)c(Oc3ncc(Cn4nccn4)cc3C(F)(F)F)cc2C(=O)O)C(C)C)nc1. The topological polar surface area (TPSA) is 123 Å². The summed E-state index contributed by atoms with van der Waals surface area (Å²) in [6.07, 6.45) is 0.292. The van der Waals surface area contributed by atoms with Gasteiger partial charge < -0.3 is 14.7 Å². The monoisotopic (exact) mass is 556 g/mol. The minimum absolute atomic E-state index is 0.0132. The fraction of sp³-hybridized carbons (Fsp3) is 0.200. The molecule has 0 spiro atoms. The first-order valence-electron chi connectivity index (χ1n) is 11.8. The molecule has 4 aromatic rings. The predicted octanol–water partition coefficient (Wildman–Crippen LogP) is 3.08. The number of anilines is 1. The average Bonchev–Trinajstić information content (AvgIpc) is 3.39. The Labute approximate surface area is 225 Å². The van der Waals surface area contributed by atoms with Crippen molar-refractivity contribution in [2.24, 2.45) is 0 Å². The van der Waals surface area contributed by atoms with Gasteiger partial charge in [-0.2, -0.15) is 28.2 Å². The lowest BCUT2D eigenvalue weighted by molar-refractivity contribution is -0.139. The standard InChI is InChI=1S/C25H21BF4N6O4/c1-13(2)36(23(37)19-4-3-15(26)11-31-19)20-9-18(27)21(8-16(20)24(38)39)40-22-17(25(28,29)30)7-14(10-32-22)12-35-33-5-6-34-35/h3-11,13H,12,26H2,1-2H3,(H,38,39). The molecule has 0 atom stereocenters. The lowest BCUT2D eigenvalue weighted by Crippen LogP contribution is -2.38. The van der Waals surface area contributed by atoms with Gasteiger partial charge >= 0.3 is 12.1 Å². The van der Waals surface area contributed by atoms with Crippen molar-refractivity contribution in [3.05, 3.63) is 83.3 Å². The summed E-state index contributed by atoms with van der Waals surface area (Å²) in [4.78, 5) is 35.3. The zero-order valence-corrected chi connectivity index (χ0v) is 21.3. The van der Waals surface area contributed by atoms with Gasteiger partial charge in [0.25, 0.3) is 5.91 Å². The molecule has 0 radical (unpaired) electrons. The molecule has 3 heterocycles. The van der Waals surface area contributed by atoms with Gasteiger partial charge in [0.05, 0.1) is 30.2 Å². The fourth-order valence-electron chi connectivity index (χ4n) is 3.79. The molecule has 0 aliphatic carbocycles. The molecular formula is C25H21BF4N6O4. The summed E-state index contributed by atoms with van der Waals surface area (Å²) in [7, 11) is 1.77. The number of alkyl halides is 3. The Morgan fingerprint density at radius 1 is 1.10 bits per heavy atom. The summed E-state index contributed by atoms with van der Waals surface area (Å²) < 4.78 is 62.0. The molecule has 206 valence electrons. The van der Waals surface area contributed by atoms with E-state index >= 15 is 4.39 Å². The van der Waals surface area contributed by atoms with Crippen LogP contribution >= 0.6 is 0 Å². The molecule has 1 aromatic carbocycles. The normalized spacial score (nSPS) is 11.5. The second kappa shape index (κ2) is 11.1. The van der Waals surface area contributed by atoms with Gasteiger partial charge in [0, 0.05) is 30.6 Å². The summed E-state index contributed by atoms with van der Waals surface area (Å²) in [6.45, 7) is 3.05. The minimum Gasteiger partial charge on any atom is -0.478 e. The molecule has 4 rings (SSSR count). The third-order valence-corrected chi connectivity index (χ3v) is 5.62. The van der Waals surface area contributed by atoms with E-state index in [1.165, 1.54) is 24.7 Å². The molecule has 0 aliphatic rings. The van der Waals surface area contributed by atoms with Crippen molar-refractivity contribution in [3.63, 3.8) is 0 Å². The van der Waals surface area contributed by atoms with Crippen LogP contribution in [0.4, 0.5) is 23.2 Å². The fourth-order valence-corrected chi connectivity index (χ4v) is 3.79. The smallest absolute Gasteiger partial charge is 0.421 e. The van der Waals surface area contributed by atoms with Gasteiger partial charge in [-0.1, -0.05) is 11.5 Å². The van der Waals surface area contributed by atoms with E-state index in [0.717, 1.165) is 33.5 Å². The van der Waals surface area contributed by atoms with E-state index in [4.69, 9.17) is 4.74 Å². The summed E-state index contributed by atoms with van der Waals surface area (Å²) in [5.74, 6) is -5.30. The largest absolute Gasteiger partial charge is 0.478 e. The number of amides is 1. The van der Waals surface area contributed by atoms with E-state index in [0.29, 0.717) is 6.07 Å². The number of carbonyl (C=O) groups excluding carboxylic acids is 1. The van der Waals surface area contributed by atoms with Gasteiger partial charge in [0.1, 0.15) is 19.1 Å². The zero-order chi connectivity index (χ0) is 29.2. The highest BCUT2D eigenvalue weighted by molar-refractivity contribution is 6.32. The summed E-state index contributed by atoms with van der Waals surface area (Å²) in [5, 5.41) is 17.5. The van der Waals surface area contributed by atoms with Crippen LogP contribution in [0.15, 0.2) is 55.1 Å². The Balaban J connectivity index is 1.74. The predicted molar refractivity (Wildman–Crippen MR) is 136 cm³/mol. The van der Waals surface area contributed by atoms with Gasteiger partial charge in [-0.15, -0.1) is 0 Å². The molecule has 10 nitrogen and oxygen atoms in total. The number of aromatic nitrogens is 5. The number of carboxylic acid groups (broad SMARTS) is 1. The number of benzene rings is 1. The maximum Gasteiger partial charge on any atom is 0.421 e. The first-order chi connectivity index (χ1) is 18.8. The van der Waals surface area contributed by atoms with Crippen LogP contribution < -0.4 is 15.1 Å². The van der Waals surface area contributed by atoms with Crippen LogP contribution in [0.25, 0.3) is 0 Å². The first-order valence-corrected chi connectivity index (χ1v) is 11.8. The van der Waals surface area contributed by atoms with E-state index in [9.17, 15) is 27.9 Å². The molecule has 0 bridgehead atoms. The number of pyridine rings is 2. The third kappa shape index (κ3) is 6.08. The molecule has 0 unspecified atom stereocenters. The number of carboxylic acids is 1. The minimum atomic E-state index is -4.94. The zero-order valence-electron chi connectivity index (χ0n) is 21.3. The Hall–Kier alpha value is -4.82. The molecule has 15 heteroatoms. The van der Waals surface area contributed by atoms with Crippen molar-refractivity contribution in [2.45, 2.75) is 32.6 Å². The van der Waals surface area contributed by atoms with E-state index in [-0.39, 0.29) is 23.5 Å². The first kappa shape index (κ1) is 28.2. The van der Waals surface area contributed by atoms with Gasteiger partial charge in [0.2, 0.25) is 5.88 Å². The number of nitrogens with zero attached hydrogens (tertiary/aromatic N) is 6. The van der Waals surface area contributed by atoms with E-state index in [1.807, 2.05) is 0 Å². The molecular weight excluding hydrogens is 535 g/mol. The highest BCUT2D eigenvalue weighted by Crippen LogP contribution is 2.39. The van der Waals surface area contributed by atoms with Gasteiger partial charge in [-0.3, -0.25) is 9.78 Å². The molecule has 0 saturated carbocycles. The van der Waals surface area contributed by atoms with E-state index in [2.05, 4.69) is 20.2 Å². The van der Waals surface area contributed by atoms with Crippen LogP contribution in [-0.4, -0.2) is 55.8 Å². The van der Waals surface area contributed by atoms with Crippen molar-refractivity contribution in [3.8, 4) is 11.6 Å². The summed E-state index contributed by atoms with van der Waals surface area (Å²) in [5.41, 5.74) is -1.37. The van der Waals surface area contributed by atoms with Gasteiger partial charge in [-0.25, -0.2) is 14.2 Å². The number of halogens is 4. The maximum absolute atomic E-state index is 15.3. The summed E-state index contributed by atoms with van der Waals surface area (Å²) >= 11 is 0. The quantitative estimate of drug-likeness (QED) is 0.260. The number of hydrogen-bond acceptors (Lipinski definition) is 7. The van der Waals surface area contributed by atoms with Crippen LogP contribution in [0, 0.1) is 5.82 Å². The Kier molecular flexibility index (Phi) is 7.84. The molecule has 0 aliphatic heterocycles. The second-order valence-corrected chi connectivity index (χ2v) is 8.95. The number of hydrogen-bond donors (Lipinski definition) is 1. The highest BCUT2D eigenvalue weighted by atomic mass is 19.4. The molecule has 0 saturated heterocycles. The van der Waals surface area contributed by atoms with Crippen molar-refractivity contribution in [2.75, 3.05) is 4.90 Å². The molecule has 40 heavy (non-hydrogen) atoms. The lowest BCUT2D eigenvalue weighted by Gasteiger charge is -2.28. The number of aromatic carboxylic acids is 1. The highest BCUT2D eigenvalue weighted by Gasteiger charge is 2.37. The molecule has 3 aromatic heterocycles. The second-order valence-electron chi connectivity index (χ2n) is 8.95. The molecule has 1 amide bonds. The summed E-state index contributed by atoms with van der Waals surface area (Å²) in [6, 6.07) is 4.62.